The Morgan fingerprint density at radius 3 is 1.76 bits per heavy atom. The number of nitrogens with zero attached hydrogens (tertiary/aromatic N) is 5. The van der Waals surface area contributed by atoms with E-state index in [9.17, 15) is 13.2 Å². The average molecular weight is 632 g/mol. The molecule has 5 rings (SSSR count). The van der Waals surface area contributed by atoms with Crippen molar-refractivity contribution in [1.29, 1.82) is 10.8 Å². The third kappa shape index (κ3) is 7.45. The Kier molecular flexibility index (Phi) is 9.54. The number of rotatable bonds is 4. The predicted octanol–water partition coefficient (Wildman–Crippen LogP) is 4.03. The number of nitrogens with one attached hydrogen (secondary N) is 2. The Bertz CT molecular complexity index is 1700. The quantitative estimate of drug-likeness (QED) is 0.163. The SMILES string of the molecule is Cn1c(-c2ccc(C3=CCN(C(=N)N)CC3)c(F)c2)nnc1-c1ccc(C2=CCN(C(=N)N)CC2)cc1F.O=C(O)C(F)(F)F. The maximum atomic E-state index is 15.2. The van der Waals surface area contributed by atoms with Crippen molar-refractivity contribution in [3.05, 3.63) is 71.3 Å². The number of alkyl halides is 3. The molecule has 3 heterocycles. The molecule has 0 saturated carbocycles. The Hall–Kier alpha value is -5.28. The number of aromatic nitrogens is 3. The highest BCUT2D eigenvalue weighted by Gasteiger charge is 2.38. The Morgan fingerprint density at radius 1 is 0.822 bits per heavy atom. The molecule has 0 atom stereocenters. The smallest absolute Gasteiger partial charge is 0.475 e. The van der Waals surface area contributed by atoms with Crippen molar-refractivity contribution >= 4 is 29.0 Å². The standard InChI is InChI=1S/C27H29F2N9.C2HF3O2/c1-36-24(19-3-4-20(22(28)15-19)17-8-12-38(13-9-17)27(32)33)34-35-25(36)21-5-2-18(14-23(21)29)16-6-10-37(11-7-16)26(30)31;3-2(4,5)1(6)7/h2-6,8,14-15H,7,9-13H2,1H3,(H3,30,31)(H3,32,33);(H,6,7). The minimum absolute atomic E-state index is 0.00682. The van der Waals surface area contributed by atoms with Gasteiger partial charge in [0.15, 0.2) is 23.6 Å². The molecule has 0 unspecified atom stereocenters. The highest BCUT2D eigenvalue weighted by atomic mass is 19.4. The molecule has 0 fully saturated rings. The van der Waals surface area contributed by atoms with Crippen molar-refractivity contribution < 1.29 is 31.9 Å². The lowest BCUT2D eigenvalue weighted by atomic mass is 9.97. The number of guanidine groups is 2. The van der Waals surface area contributed by atoms with Crippen LogP contribution in [-0.4, -0.2) is 79.9 Å². The molecule has 3 aromatic rings. The fourth-order valence-corrected chi connectivity index (χ4v) is 4.91. The molecule has 0 spiro atoms. The number of benzene rings is 2. The average Bonchev–Trinajstić information content (AvgIpc) is 3.37. The molecule has 11 nitrogen and oxygen atoms in total. The van der Waals surface area contributed by atoms with Crippen molar-refractivity contribution in [2.75, 3.05) is 26.2 Å². The number of halogens is 5. The Balaban J connectivity index is 0.000000591. The maximum Gasteiger partial charge on any atom is 0.490 e. The topological polar surface area (TPSA) is 174 Å². The molecule has 238 valence electrons. The fraction of sp³-hybridized carbons (Fsp3) is 0.276. The molecule has 45 heavy (non-hydrogen) atoms. The van der Waals surface area contributed by atoms with Crippen LogP contribution >= 0.6 is 0 Å². The van der Waals surface area contributed by atoms with E-state index in [1.165, 1.54) is 12.1 Å². The van der Waals surface area contributed by atoms with Gasteiger partial charge < -0.3 is 30.9 Å². The molecule has 2 aliphatic heterocycles. The molecule has 0 aliphatic carbocycles. The van der Waals surface area contributed by atoms with E-state index in [-0.39, 0.29) is 17.7 Å². The van der Waals surface area contributed by atoms with Gasteiger partial charge in [-0.15, -0.1) is 10.2 Å². The lowest BCUT2D eigenvalue weighted by Gasteiger charge is -2.26. The number of carbonyl (C=O) groups is 1. The summed E-state index contributed by atoms with van der Waals surface area (Å²) in [6.45, 7) is 2.16. The van der Waals surface area contributed by atoms with Gasteiger partial charge >= 0.3 is 12.1 Å². The van der Waals surface area contributed by atoms with E-state index in [0.717, 1.165) is 16.7 Å². The summed E-state index contributed by atoms with van der Waals surface area (Å²) in [5.41, 5.74) is 15.1. The molecule has 16 heteroatoms. The van der Waals surface area contributed by atoms with E-state index < -0.39 is 18.0 Å². The monoisotopic (exact) mass is 631 g/mol. The normalized spacial score (nSPS) is 15.1. The van der Waals surface area contributed by atoms with Gasteiger partial charge in [0.25, 0.3) is 0 Å². The maximum absolute atomic E-state index is 15.2. The number of carboxylic acid groups (broad SMARTS) is 1. The minimum Gasteiger partial charge on any atom is -0.475 e. The lowest BCUT2D eigenvalue weighted by molar-refractivity contribution is -0.192. The van der Waals surface area contributed by atoms with Crippen LogP contribution in [0.15, 0.2) is 48.6 Å². The van der Waals surface area contributed by atoms with Gasteiger partial charge in [0.2, 0.25) is 0 Å². The second-order valence-corrected chi connectivity index (χ2v) is 10.2. The van der Waals surface area contributed by atoms with E-state index >= 15 is 8.78 Å². The second-order valence-electron chi connectivity index (χ2n) is 10.2. The number of aliphatic carboxylic acids is 1. The largest absolute Gasteiger partial charge is 0.490 e. The van der Waals surface area contributed by atoms with Crippen LogP contribution in [0.2, 0.25) is 0 Å². The van der Waals surface area contributed by atoms with Crippen LogP contribution in [0.3, 0.4) is 0 Å². The second kappa shape index (κ2) is 13.2. The van der Waals surface area contributed by atoms with Gasteiger partial charge in [0.05, 0.1) is 5.56 Å². The van der Waals surface area contributed by atoms with Crippen molar-refractivity contribution in [2.45, 2.75) is 19.0 Å². The summed E-state index contributed by atoms with van der Waals surface area (Å²) in [5, 5.41) is 30.7. The third-order valence-electron chi connectivity index (χ3n) is 7.37. The number of hydrogen-bond donors (Lipinski definition) is 5. The molecule has 7 N–H and O–H groups in total. The molecule has 0 bridgehead atoms. The molecule has 0 amide bonds. The summed E-state index contributed by atoms with van der Waals surface area (Å²) in [4.78, 5) is 12.4. The molecule has 2 aliphatic rings. The third-order valence-corrected chi connectivity index (χ3v) is 7.37. The van der Waals surface area contributed by atoms with Crippen LogP contribution in [-0.2, 0) is 11.8 Å². The first-order chi connectivity index (χ1) is 21.2. The van der Waals surface area contributed by atoms with Gasteiger partial charge in [-0.25, -0.2) is 13.6 Å². The van der Waals surface area contributed by atoms with Gasteiger partial charge in [-0.3, -0.25) is 10.8 Å². The molecule has 0 radical (unpaired) electrons. The highest BCUT2D eigenvalue weighted by molar-refractivity contribution is 5.78. The Labute approximate surface area is 254 Å². The number of nitrogens with two attached hydrogens (primary N) is 2. The Morgan fingerprint density at radius 2 is 1.29 bits per heavy atom. The van der Waals surface area contributed by atoms with Crippen LogP contribution in [0.5, 0.6) is 0 Å². The van der Waals surface area contributed by atoms with Gasteiger partial charge in [-0.05, 0) is 47.8 Å². The van der Waals surface area contributed by atoms with E-state index in [4.69, 9.17) is 32.2 Å². The summed E-state index contributed by atoms with van der Waals surface area (Å²) in [7, 11) is 1.73. The predicted molar refractivity (Wildman–Crippen MR) is 158 cm³/mol. The van der Waals surface area contributed by atoms with Crippen molar-refractivity contribution in [3.8, 4) is 22.8 Å². The molecule has 1 aromatic heterocycles. The zero-order valence-corrected chi connectivity index (χ0v) is 24.0. The van der Waals surface area contributed by atoms with Gasteiger partial charge in [-0.1, -0.05) is 30.4 Å². The molecule has 2 aromatic carbocycles. The van der Waals surface area contributed by atoms with Crippen LogP contribution < -0.4 is 11.5 Å². The zero-order valence-electron chi connectivity index (χ0n) is 24.0. The summed E-state index contributed by atoms with van der Waals surface area (Å²) in [6.07, 6.45) is 0.0181. The van der Waals surface area contributed by atoms with Crippen molar-refractivity contribution in [1.82, 2.24) is 24.6 Å². The highest BCUT2D eigenvalue weighted by Crippen LogP contribution is 2.31. The van der Waals surface area contributed by atoms with Gasteiger partial charge in [-0.2, -0.15) is 13.2 Å². The summed E-state index contributed by atoms with van der Waals surface area (Å²) in [6, 6.07) is 9.93. The van der Waals surface area contributed by atoms with E-state index in [2.05, 4.69) is 10.2 Å². The van der Waals surface area contributed by atoms with Gasteiger partial charge in [0, 0.05) is 44.4 Å². The van der Waals surface area contributed by atoms with Gasteiger partial charge in [0.1, 0.15) is 11.6 Å². The lowest BCUT2D eigenvalue weighted by Crippen LogP contribution is -2.39. The van der Waals surface area contributed by atoms with Crippen LogP contribution in [0, 0.1) is 22.5 Å². The fourth-order valence-electron chi connectivity index (χ4n) is 4.91. The number of carboxylic acids is 1. The van der Waals surface area contributed by atoms with Crippen LogP contribution in [0.25, 0.3) is 33.9 Å². The van der Waals surface area contributed by atoms with E-state index in [1.54, 1.807) is 39.6 Å². The minimum atomic E-state index is -5.08. The summed E-state index contributed by atoms with van der Waals surface area (Å²) in [5.74, 6) is -2.76. The molecule has 0 saturated heterocycles. The van der Waals surface area contributed by atoms with E-state index in [0.29, 0.717) is 67.4 Å². The molecular formula is C29H30F5N9O2. The van der Waals surface area contributed by atoms with E-state index in [1.807, 2.05) is 18.2 Å². The van der Waals surface area contributed by atoms with Crippen LogP contribution in [0.4, 0.5) is 22.0 Å². The van der Waals surface area contributed by atoms with Crippen molar-refractivity contribution in [2.24, 2.45) is 18.5 Å². The first-order valence-corrected chi connectivity index (χ1v) is 13.5. The molecular weight excluding hydrogens is 601 g/mol. The first-order valence-electron chi connectivity index (χ1n) is 13.5. The summed E-state index contributed by atoms with van der Waals surface area (Å²) >= 11 is 0. The first kappa shape index (κ1) is 32.6. The van der Waals surface area contributed by atoms with Crippen molar-refractivity contribution in [3.63, 3.8) is 0 Å². The van der Waals surface area contributed by atoms with Crippen LogP contribution in [0.1, 0.15) is 24.0 Å². The summed E-state index contributed by atoms with van der Waals surface area (Å²) < 4.78 is 63.7. The zero-order chi connectivity index (χ0) is 33.1. The number of hydrogen-bond acceptors (Lipinski definition) is 5.